The van der Waals surface area contributed by atoms with Crippen LogP contribution in [-0.4, -0.2) is 36.1 Å². The van der Waals surface area contributed by atoms with Gasteiger partial charge in [-0.25, -0.2) is 4.79 Å². The van der Waals surface area contributed by atoms with E-state index >= 15 is 0 Å². The number of thiophene rings is 1. The minimum atomic E-state index is -0.533. The molecule has 1 heterocycles. The fourth-order valence-corrected chi connectivity index (χ4v) is 8.34. The van der Waals surface area contributed by atoms with Crippen molar-refractivity contribution in [3.05, 3.63) is 153 Å². The number of benzene rings is 4. The van der Waals surface area contributed by atoms with Crippen LogP contribution in [0.2, 0.25) is 0 Å². The fraction of sp³-hybridized carbons (Fsp3) is 0.190. The molecule has 8 nitrogen and oxygen atoms in total. The zero-order valence-corrected chi connectivity index (χ0v) is 30.7. The highest BCUT2D eigenvalue weighted by atomic mass is 32.2. The first kappa shape index (κ1) is 36.3. The summed E-state index contributed by atoms with van der Waals surface area (Å²) in [4.78, 5) is 55.0. The molecule has 2 atom stereocenters. The third kappa shape index (κ3) is 8.88. The molecular formula is C42H39N3O5S2. The van der Waals surface area contributed by atoms with Gasteiger partial charge in [-0.05, 0) is 92.1 Å². The van der Waals surface area contributed by atoms with Crippen LogP contribution in [0.1, 0.15) is 67.1 Å². The summed E-state index contributed by atoms with van der Waals surface area (Å²) in [5.74, 6) is -1.27. The number of thioether (sulfide) groups is 1. The Kier molecular flexibility index (Phi) is 11.7. The average Bonchev–Trinajstić information content (AvgIpc) is 3.52. The van der Waals surface area contributed by atoms with Gasteiger partial charge in [0.15, 0.2) is 0 Å². The molecule has 0 bridgehead atoms. The topological polar surface area (TPSA) is 114 Å². The molecular weight excluding hydrogens is 691 g/mol. The van der Waals surface area contributed by atoms with Crippen molar-refractivity contribution in [3.63, 3.8) is 0 Å². The average molecular weight is 730 g/mol. The standard InChI is InChI=1S/C42H39N3O5S2/c1-26-17-19-28(20-18-26)23-35(44-39(47)30-13-8-5-9-14-30)40(48)43-32-15-10-16-33(25-32)51-27(2)38(46)45-41-37(42(49)50-3)34-22-21-31(24-36(34)52-41)29-11-6-4-7-12-29/h4-20,23,25,27,31H,21-22,24H2,1-3H3,(H,43,48)(H,44,47)(H,45,46)/b35-23-. The molecule has 1 aromatic heterocycles. The quantitative estimate of drug-likeness (QED) is 0.0713. The zero-order chi connectivity index (χ0) is 36.6. The van der Waals surface area contributed by atoms with Gasteiger partial charge >= 0.3 is 5.97 Å². The lowest BCUT2D eigenvalue weighted by Crippen LogP contribution is -2.30. The van der Waals surface area contributed by atoms with Crippen molar-refractivity contribution >= 4 is 63.6 Å². The maximum absolute atomic E-state index is 13.6. The molecule has 10 heteroatoms. The second-order valence-electron chi connectivity index (χ2n) is 12.6. The number of esters is 1. The molecule has 1 aliphatic rings. The van der Waals surface area contributed by atoms with Gasteiger partial charge < -0.3 is 20.7 Å². The number of aryl methyl sites for hydroxylation is 1. The van der Waals surface area contributed by atoms with E-state index in [1.165, 1.54) is 35.8 Å². The number of methoxy groups -OCH3 is 1. The van der Waals surface area contributed by atoms with E-state index in [9.17, 15) is 19.2 Å². The Morgan fingerprint density at radius 1 is 0.885 bits per heavy atom. The van der Waals surface area contributed by atoms with E-state index in [-0.39, 0.29) is 11.6 Å². The second-order valence-corrected chi connectivity index (χ2v) is 15.1. The highest BCUT2D eigenvalue weighted by molar-refractivity contribution is 8.00. The molecule has 0 aliphatic heterocycles. The molecule has 52 heavy (non-hydrogen) atoms. The Bertz CT molecular complexity index is 2110. The van der Waals surface area contributed by atoms with Crippen LogP contribution in [-0.2, 0) is 27.2 Å². The Morgan fingerprint density at radius 3 is 2.31 bits per heavy atom. The number of nitrogens with one attached hydrogen (secondary N) is 3. The molecule has 0 saturated heterocycles. The van der Waals surface area contributed by atoms with Gasteiger partial charge in [0.2, 0.25) is 5.91 Å². The normalized spacial score (nSPS) is 14.4. The molecule has 2 unspecified atom stereocenters. The third-order valence-electron chi connectivity index (χ3n) is 8.85. The summed E-state index contributed by atoms with van der Waals surface area (Å²) < 4.78 is 5.14. The van der Waals surface area contributed by atoms with Crippen LogP contribution in [0.3, 0.4) is 0 Å². The second kappa shape index (κ2) is 16.7. The van der Waals surface area contributed by atoms with Crippen LogP contribution >= 0.6 is 23.1 Å². The summed E-state index contributed by atoms with van der Waals surface area (Å²) in [5.41, 5.74) is 5.50. The number of hydrogen-bond acceptors (Lipinski definition) is 7. The number of rotatable bonds is 11. The lowest BCUT2D eigenvalue weighted by atomic mass is 9.83. The number of carbonyl (C=O) groups excluding carboxylic acids is 4. The van der Waals surface area contributed by atoms with Crippen molar-refractivity contribution < 1.29 is 23.9 Å². The molecule has 0 saturated carbocycles. The first-order chi connectivity index (χ1) is 25.2. The van der Waals surface area contributed by atoms with Gasteiger partial charge in [0, 0.05) is 21.0 Å². The summed E-state index contributed by atoms with van der Waals surface area (Å²) in [6.07, 6.45) is 4.07. The number of hydrogen-bond donors (Lipinski definition) is 3. The fourth-order valence-electron chi connectivity index (χ4n) is 6.09. The van der Waals surface area contributed by atoms with Crippen LogP contribution in [0.5, 0.6) is 0 Å². The van der Waals surface area contributed by atoms with E-state index in [1.54, 1.807) is 55.5 Å². The van der Waals surface area contributed by atoms with Crippen LogP contribution in [0, 0.1) is 6.92 Å². The van der Waals surface area contributed by atoms with E-state index in [1.807, 2.05) is 61.5 Å². The molecule has 0 fully saturated rings. The summed E-state index contributed by atoms with van der Waals surface area (Å²) in [7, 11) is 1.36. The lowest BCUT2D eigenvalue weighted by molar-refractivity contribution is -0.115. The first-order valence-corrected chi connectivity index (χ1v) is 18.7. The Hall–Kier alpha value is -5.45. The molecule has 3 amide bonds. The number of fused-ring (bicyclic) bond motifs is 1. The van der Waals surface area contributed by atoms with Crippen molar-refractivity contribution in [3.8, 4) is 0 Å². The Balaban J connectivity index is 1.15. The minimum absolute atomic E-state index is 0.0821. The van der Waals surface area contributed by atoms with Crippen LogP contribution < -0.4 is 16.0 Å². The molecule has 1 aliphatic carbocycles. The predicted octanol–water partition coefficient (Wildman–Crippen LogP) is 8.64. The van der Waals surface area contributed by atoms with Crippen molar-refractivity contribution in [2.45, 2.75) is 49.2 Å². The number of carbonyl (C=O) groups is 4. The summed E-state index contributed by atoms with van der Waals surface area (Å²) in [6.45, 7) is 3.77. The first-order valence-electron chi connectivity index (χ1n) is 17.0. The van der Waals surface area contributed by atoms with Gasteiger partial charge in [-0.3, -0.25) is 14.4 Å². The number of ether oxygens (including phenoxy) is 1. The molecule has 6 rings (SSSR count). The zero-order valence-electron chi connectivity index (χ0n) is 29.1. The largest absolute Gasteiger partial charge is 0.465 e. The van der Waals surface area contributed by atoms with Crippen LogP contribution in [0.15, 0.2) is 120 Å². The maximum Gasteiger partial charge on any atom is 0.341 e. The van der Waals surface area contributed by atoms with E-state index < -0.39 is 23.0 Å². The Labute approximate surface area is 311 Å². The van der Waals surface area contributed by atoms with E-state index in [0.717, 1.165) is 45.7 Å². The van der Waals surface area contributed by atoms with E-state index in [4.69, 9.17) is 4.74 Å². The molecule has 0 spiro atoms. The van der Waals surface area contributed by atoms with Crippen molar-refractivity contribution in [2.24, 2.45) is 0 Å². The smallest absolute Gasteiger partial charge is 0.341 e. The van der Waals surface area contributed by atoms with Crippen LogP contribution in [0.25, 0.3) is 6.08 Å². The number of anilines is 2. The van der Waals surface area contributed by atoms with E-state index in [2.05, 4.69) is 28.1 Å². The third-order valence-corrected chi connectivity index (χ3v) is 11.1. The van der Waals surface area contributed by atoms with Crippen molar-refractivity contribution in [2.75, 3.05) is 17.7 Å². The highest BCUT2D eigenvalue weighted by Crippen LogP contribution is 2.43. The minimum Gasteiger partial charge on any atom is -0.465 e. The monoisotopic (exact) mass is 729 g/mol. The van der Waals surface area contributed by atoms with Gasteiger partial charge in [0.1, 0.15) is 10.7 Å². The summed E-state index contributed by atoms with van der Waals surface area (Å²) in [5, 5.41) is 8.66. The van der Waals surface area contributed by atoms with Gasteiger partial charge in [0.05, 0.1) is 17.9 Å². The molecule has 264 valence electrons. The number of amides is 3. The SMILES string of the molecule is COC(=O)c1c(NC(=O)C(C)Sc2cccc(NC(=O)/C(=C/c3ccc(C)cc3)NC(=O)c3ccccc3)c2)sc2c1CCC(c1ccccc1)C2. The van der Waals surface area contributed by atoms with Gasteiger partial charge in [-0.2, -0.15) is 0 Å². The van der Waals surface area contributed by atoms with Gasteiger partial charge in [-0.15, -0.1) is 23.1 Å². The van der Waals surface area contributed by atoms with E-state index in [0.29, 0.717) is 27.7 Å². The van der Waals surface area contributed by atoms with Crippen molar-refractivity contribution in [1.82, 2.24) is 5.32 Å². The molecule has 4 aromatic carbocycles. The van der Waals surface area contributed by atoms with Gasteiger partial charge in [-0.1, -0.05) is 84.4 Å². The van der Waals surface area contributed by atoms with Crippen LogP contribution in [0.4, 0.5) is 10.7 Å². The molecule has 3 N–H and O–H groups in total. The predicted molar refractivity (Wildman–Crippen MR) is 209 cm³/mol. The molecule has 0 radical (unpaired) electrons. The van der Waals surface area contributed by atoms with Gasteiger partial charge in [0.25, 0.3) is 11.8 Å². The Morgan fingerprint density at radius 2 is 1.60 bits per heavy atom. The lowest BCUT2D eigenvalue weighted by Gasteiger charge is -2.22. The van der Waals surface area contributed by atoms with Crippen molar-refractivity contribution in [1.29, 1.82) is 0 Å². The molecule has 5 aromatic rings. The highest BCUT2D eigenvalue weighted by Gasteiger charge is 2.31. The summed E-state index contributed by atoms with van der Waals surface area (Å²) in [6, 6.07) is 33.9. The summed E-state index contributed by atoms with van der Waals surface area (Å²) >= 11 is 2.77. The maximum atomic E-state index is 13.6.